The van der Waals surface area contributed by atoms with Crippen LogP contribution in [0.2, 0.25) is 0 Å². The average Bonchev–Trinajstić information content (AvgIpc) is 2.04. The van der Waals surface area contributed by atoms with Crippen LogP contribution in [0.1, 0.15) is 20.3 Å². The maximum atomic E-state index is 9.92. The highest BCUT2D eigenvalue weighted by molar-refractivity contribution is 4.43. The SMILES string of the molecule is CCC(C)OCCOCC[O]. The lowest BCUT2D eigenvalue weighted by molar-refractivity contribution is -0.00356. The Hall–Kier alpha value is -0.120. The normalized spacial score (nSPS) is 13.4. The van der Waals surface area contributed by atoms with Crippen LogP contribution in [-0.4, -0.2) is 32.5 Å². The molecule has 3 nitrogen and oxygen atoms in total. The summed E-state index contributed by atoms with van der Waals surface area (Å²) >= 11 is 0. The van der Waals surface area contributed by atoms with Crippen LogP contribution in [0.4, 0.5) is 0 Å². The summed E-state index contributed by atoms with van der Waals surface area (Å²) in [7, 11) is 0. The van der Waals surface area contributed by atoms with E-state index in [2.05, 4.69) is 6.92 Å². The molecule has 0 aliphatic heterocycles. The monoisotopic (exact) mass is 161 g/mol. The lowest BCUT2D eigenvalue weighted by Gasteiger charge is -2.09. The maximum absolute atomic E-state index is 9.92. The Bertz CT molecular complexity index is 75.7. The zero-order valence-electron chi connectivity index (χ0n) is 7.34. The first-order valence-corrected chi connectivity index (χ1v) is 4.08. The van der Waals surface area contributed by atoms with Gasteiger partial charge < -0.3 is 9.47 Å². The second-order valence-corrected chi connectivity index (χ2v) is 2.41. The molecule has 0 rings (SSSR count). The van der Waals surface area contributed by atoms with E-state index < -0.39 is 0 Å². The molecule has 0 aromatic heterocycles. The Morgan fingerprint density at radius 1 is 1.27 bits per heavy atom. The van der Waals surface area contributed by atoms with Crippen molar-refractivity contribution in [3.63, 3.8) is 0 Å². The van der Waals surface area contributed by atoms with Crippen molar-refractivity contribution >= 4 is 0 Å². The summed E-state index contributed by atoms with van der Waals surface area (Å²) in [5, 5.41) is 9.92. The van der Waals surface area contributed by atoms with Crippen molar-refractivity contribution in [2.75, 3.05) is 26.4 Å². The van der Waals surface area contributed by atoms with Crippen molar-refractivity contribution in [1.82, 2.24) is 0 Å². The van der Waals surface area contributed by atoms with E-state index in [1.165, 1.54) is 0 Å². The van der Waals surface area contributed by atoms with Crippen LogP contribution >= 0.6 is 0 Å². The summed E-state index contributed by atoms with van der Waals surface area (Å²) < 4.78 is 10.3. The van der Waals surface area contributed by atoms with Crippen molar-refractivity contribution < 1.29 is 14.6 Å². The third-order valence-electron chi connectivity index (χ3n) is 1.43. The number of rotatable bonds is 7. The van der Waals surface area contributed by atoms with E-state index in [4.69, 9.17) is 9.47 Å². The third-order valence-corrected chi connectivity index (χ3v) is 1.43. The summed E-state index contributed by atoms with van der Waals surface area (Å²) in [6, 6.07) is 0. The van der Waals surface area contributed by atoms with E-state index in [0.29, 0.717) is 25.9 Å². The van der Waals surface area contributed by atoms with Crippen LogP contribution < -0.4 is 0 Å². The molecule has 0 aromatic rings. The van der Waals surface area contributed by atoms with Gasteiger partial charge in [-0.3, -0.25) is 0 Å². The number of ether oxygens (including phenoxy) is 2. The zero-order valence-corrected chi connectivity index (χ0v) is 7.34. The predicted octanol–water partition coefficient (Wildman–Crippen LogP) is 1.25. The van der Waals surface area contributed by atoms with Gasteiger partial charge in [-0.2, -0.15) is 0 Å². The summed E-state index contributed by atoms with van der Waals surface area (Å²) in [5.41, 5.74) is 0. The molecule has 1 unspecified atom stereocenters. The standard InChI is InChI=1S/C8H17O3/c1-3-8(2)11-7-6-10-5-4-9/h8H,3-7H2,1-2H3. The Balaban J connectivity index is 2.89. The van der Waals surface area contributed by atoms with Gasteiger partial charge in [-0.1, -0.05) is 6.92 Å². The smallest absolute Gasteiger partial charge is 0.106 e. The van der Waals surface area contributed by atoms with Gasteiger partial charge in [-0.05, 0) is 13.3 Å². The second-order valence-electron chi connectivity index (χ2n) is 2.41. The molecule has 0 aromatic carbocycles. The van der Waals surface area contributed by atoms with Crippen LogP contribution in [-0.2, 0) is 14.6 Å². The third kappa shape index (κ3) is 7.78. The van der Waals surface area contributed by atoms with Crippen LogP contribution in [0.3, 0.4) is 0 Å². The van der Waals surface area contributed by atoms with Gasteiger partial charge >= 0.3 is 0 Å². The summed E-state index contributed by atoms with van der Waals surface area (Å²) in [6.07, 6.45) is 1.31. The summed E-state index contributed by atoms with van der Waals surface area (Å²) in [4.78, 5) is 0. The van der Waals surface area contributed by atoms with Gasteiger partial charge in [0, 0.05) is 0 Å². The molecule has 0 bridgehead atoms. The average molecular weight is 161 g/mol. The molecule has 0 fully saturated rings. The molecule has 0 heterocycles. The summed E-state index contributed by atoms with van der Waals surface area (Å²) in [5.74, 6) is 0. The lowest BCUT2D eigenvalue weighted by atomic mass is 10.3. The van der Waals surface area contributed by atoms with E-state index in [1.54, 1.807) is 0 Å². The fourth-order valence-corrected chi connectivity index (χ4v) is 0.587. The molecule has 1 radical (unpaired) electrons. The van der Waals surface area contributed by atoms with Gasteiger partial charge in [0.15, 0.2) is 0 Å². The highest BCUT2D eigenvalue weighted by Gasteiger charge is 1.96. The van der Waals surface area contributed by atoms with E-state index in [9.17, 15) is 5.11 Å². The predicted molar refractivity (Wildman–Crippen MR) is 42.1 cm³/mol. The van der Waals surface area contributed by atoms with Crippen molar-refractivity contribution in [3.05, 3.63) is 0 Å². The van der Waals surface area contributed by atoms with Gasteiger partial charge in [-0.25, -0.2) is 5.11 Å². The lowest BCUT2D eigenvalue weighted by Crippen LogP contribution is -2.12. The Morgan fingerprint density at radius 3 is 2.55 bits per heavy atom. The highest BCUT2D eigenvalue weighted by atomic mass is 16.5. The van der Waals surface area contributed by atoms with Crippen molar-refractivity contribution in [1.29, 1.82) is 0 Å². The van der Waals surface area contributed by atoms with Gasteiger partial charge in [-0.15, -0.1) is 0 Å². The number of hydrogen-bond donors (Lipinski definition) is 0. The van der Waals surface area contributed by atoms with Gasteiger partial charge in [0.25, 0.3) is 0 Å². The molecule has 0 amide bonds. The quantitative estimate of drug-likeness (QED) is 0.527. The van der Waals surface area contributed by atoms with E-state index in [1.807, 2.05) is 6.92 Å². The van der Waals surface area contributed by atoms with Gasteiger partial charge in [0.05, 0.1) is 25.9 Å². The largest absolute Gasteiger partial charge is 0.377 e. The van der Waals surface area contributed by atoms with Gasteiger partial charge in [0.1, 0.15) is 6.61 Å². The fraction of sp³-hybridized carbons (Fsp3) is 1.00. The minimum Gasteiger partial charge on any atom is -0.377 e. The Morgan fingerprint density at radius 2 is 2.00 bits per heavy atom. The van der Waals surface area contributed by atoms with E-state index in [0.717, 1.165) is 6.42 Å². The Labute approximate surface area is 68.3 Å². The molecule has 0 saturated carbocycles. The molecule has 67 valence electrons. The van der Waals surface area contributed by atoms with E-state index >= 15 is 0 Å². The molecule has 0 saturated heterocycles. The molecule has 0 spiro atoms. The number of hydrogen-bond acceptors (Lipinski definition) is 2. The minimum absolute atomic E-state index is 0.163. The highest BCUT2D eigenvalue weighted by Crippen LogP contribution is 1.94. The maximum Gasteiger partial charge on any atom is 0.106 e. The van der Waals surface area contributed by atoms with Crippen LogP contribution in [0.15, 0.2) is 0 Å². The molecule has 11 heavy (non-hydrogen) atoms. The molecular weight excluding hydrogens is 144 g/mol. The molecule has 0 aliphatic rings. The van der Waals surface area contributed by atoms with E-state index in [-0.39, 0.29) is 6.61 Å². The second kappa shape index (κ2) is 7.98. The first-order valence-electron chi connectivity index (χ1n) is 4.08. The van der Waals surface area contributed by atoms with Crippen molar-refractivity contribution in [2.24, 2.45) is 0 Å². The van der Waals surface area contributed by atoms with Gasteiger partial charge in [0.2, 0.25) is 0 Å². The topological polar surface area (TPSA) is 38.4 Å². The fourth-order valence-electron chi connectivity index (χ4n) is 0.587. The molecule has 3 heteroatoms. The summed E-state index contributed by atoms with van der Waals surface area (Å²) in [6.45, 7) is 5.35. The molecular formula is C8H17O3. The first kappa shape index (κ1) is 10.9. The molecule has 0 N–H and O–H groups in total. The first-order chi connectivity index (χ1) is 5.31. The molecule has 0 aliphatic carbocycles. The molecule has 1 atom stereocenters. The van der Waals surface area contributed by atoms with Crippen LogP contribution in [0.5, 0.6) is 0 Å². The van der Waals surface area contributed by atoms with Crippen LogP contribution in [0.25, 0.3) is 0 Å². The van der Waals surface area contributed by atoms with Crippen molar-refractivity contribution in [3.8, 4) is 0 Å². The van der Waals surface area contributed by atoms with Crippen LogP contribution in [0, 0.1) is 0 Å². The van der Waals surface area contributed by atoms with Crippen molar-refractivity contribution in [2.45, 2.75) is 26.4 Å². The zero-order chi connectivity index (χ0) is 8.53. The minimum atomic E-state index is -0.163. The Kier molecular flexibility index (Phi) is 7.89.